The smallest absolute Gasteiger partial charge is 0.267 e. The van der Waals surface area contributed by atoms with Gasteiger partial charge in [0, 0.05) is 36.6 Å². The number of aromatic nitrogens is 2. The van der Waals surface area contributed by atoms with Gasteiger partial charge in [0.2, 0.25) is 0 Å². The maximum absolute atomic E-state index is 11.9. The number of hydrogen-bond donors (Lipinski definition) is 2. The summed E-state index contributed by atoms with van der Waals surface area (Å²) in [6, 6.07) is 3.47. The summed E-state index contributed by atoms with van der Waals surface area (Å²) in [5.41, 5.74) is 10.5. The lowest BCUT2D eigenvalue weighted by molar-refractivity contribution is 0.0928. The minimum atomic E-state index is -0.258. The van der Waals surface area contributed by atoms with Crippen molar-refractivity contribution >= 4 is 11.5 Å². The molecule has 0 bridgehead atoms. The van der Waals surface area contributed by atoms with Gasteiger partial charge in [-0.15, -0.1) is 0 Å². The molecule has 2 aliphatic rings. The molecule has 2 aromatic rings. The largest absolute Gasteiger partial charge is 0.496 e. The number of nitrogens with one attached hydrogen (secondary N) is 1. The van der Waals surface area contributed by atoms with Gasteiger partial charge in [-0.05, 0) is 17.7 Å². The number of hydrogen-bond acceptors (Lipinski definition) is 4. The Morgan fingerprint density at radius 2 is 2.36 bits per heavy atom. The molecule has 22 heavy (non-hydrogen) atoms. The van der Waals surface area contributed by atoms with E-state index in [9.17, 15) is 4.79 Å². The Labute approximate surface area is 127 Å². The number of pyridine rings is 1. The molecule has 3 heterocycles. The van der Waals surface area contributed by atoms with Crippen LogP contribution in [0.4, 0.5) is 0 Å². The summed E-state index contributed by atoms with van der Waals surface area (Å²) >= 11 is 0. The fraction of sp³-hybridized carbons (Fsp3) is 0.250. The second-order valence-corrected chi connectivity index (χ2v) is 5.44. The molecule has 112 valence electrons. The Morgan fingerprint density at radius 1 is 1.50 bits per heavy atom. The highest BCUT2D eigenvalue weighted by Gasteiger charge is 2.28. The molecule has 0 saturated heterocycles. The number of rotatable bonds is 2. The minimum absolute atomic E-state index is 0.0428. The third-order valence-electron chi connectivity index (χ3n) is 4.17. The van der Waals surface area contributed by atoms with Crippen molar-refractivity contribution in [2.45, 2.75) is 12.6 Å². The van der Waals surface area contributed by atoms with Crippen molar-refractivity contribution in [3.63, 3.8) is 0 Å². The van der Waals surface area contributed by atoms with Crippen molar-refractivity contribution in [2.75, 3.05) is 13.7 Å². The molecule has 0 spiro atoms. The lowest BCUT2D eigenvalue weighted by Gasteiger charge is -2.14. The molecule has 1 atom stereocenters. The van der Waals surface area contributed by atoms with Gasteiger partial charge in [0.1, 0.15) is 11.4 Å². The number of nitrogens with zero attached hydrogens (tertiary/aromatic N) is 2. The number of ether oxygens (including phenoxy) is 1. The van der Waals surface area contributed by atoms with Crippen LogP contribution in [0.5, 0.6) is 5.75 Å². The molecule has 0 fully saturated rings. The average molecular weight is 296 g/mol. The van der Waals surface area contributed by atoms with Crippen LogP contribution in [0, 0.1) is 0 Å². The molecule has 0 unspecified atom stereocenters. The first kappa shape index (κ1) is 13.1. The van der Waals surface area contributed by atoms with Crippen molar-refractivity contribution in [3.05, 3.63) is 53.1 Å². The number of carbonyl (C=O) groups is 1. The molecule has 2 aromatic heterocycles. The molecule has 0 aromatic carbocycles. The first-order valence-electron chi connectivity index (χ1n) is 7.18. The Kier molecular flexibility index (Phi) is 2.80. The van der Waals surface area contributed by atoms with Gasteiger partial charge in [-0.1, -0.05) is 6.08 Å². The molecule has 4 rings (SSSR count). The van der Waals surface area contributed by atoms with Gasteiger partial charge in [0.05, 0.1) is 18.8 Å². The molecule has 0 saturated carbocycles. The van der Waals surface area contributed by atoms with Crippen LogP contribution in [0.1, 0.15) is 33.4 Å². The van der Waals surface area contributed by atoms with Crippen LogP contribution in [0.3, 0.4) is 0 Å². The van der Waals surface area contributed by atoms with Gasteiger partial charge in [-0.25, -0.2) is 0 Å². The van der Waals surface area contributed by atoms with Crippen LogP contribution in [0.15, 0.2) is 30.6 Å². The van der Waals surface area contributed by atoms with Crippen molar-refractivity contribution in [1.29, 1.82) is 0 Å². The summed E-state index contributed by atoms with van der Waals surface area (Å²) < 4.78 is 7.43. The second kappa shape index (κ2) is 4.71. The average Bonchev–Trinajstić information content (AvgIpc) is 3.10. The van der Waals surface area contributed by atoms with E-state index in [1.54, 1.807) is 13.3 Å². The van der Waals surface area contributed by atoms with E-state index in [1.165, 1.54) is 0 Å². The first-order chi connectivity index (χ1) is 10.7. The number of nitrogens with two attached hydrogens (primary N) is 1. The van der Waals surface area contributed by atoms with Gasteiger partial charge >= 0.3 is 0 Å². The minimum Gasteiger partial charge on any atom is -0.496 e. The van der Waals surface area contributed by atoms with Crippen LogP contribution in [-0.2, 0) is 6.54 Å². The monoisotopic (exact) mass is 296 g/mol. The molecule has 6 nitrogen and oxygen atoms in total. The van der Waals surface area contributed by atoms with Crippen LogP contribution in [0.25, 0.3) is 5.57 Å². The van der Waals surface area contributed by atoms with E-state index in [4.69, 9.17) is 10.5 Å². The van der Waals surface area contributed by atoms with E-state index in [2.05, 4.69) is 10.3 Å². The van der Waals surface area contributed by atoms with Gasteiger partial charge in [-0.3, -0.25) is 9.78 Å². The van der Waals surface area contributed by atoms with Crippen LogP contribution >= 0.6 is 0 Å². The molecule has 0 radical (unpaired) electrons. The summed E-state index contributed by atoms with van der Waals surface area (Å²) in [5, 5.41) is 2.85. The fourth-order valence-corrected chi connectivity index (χ4v) is 3.15. The number of methoxy groups -OCH3 is 1. The van der Waals surface area contributed by atoms with Crippen molar-refractivity contribution in [2.24, 2.45) is 5.73 Å². The predicted octanol–water partition coefficient (Wildman–Crippen LogP) is 1.08. The van der Waals surface area contributed by atoms with E-state index in [1.807, 2.05) is 29.0 Å². The van der Waals surface area contributed by atoms with Gasteiger partial charge < -0.3 is 20.4 Å². The lowest BCUT2D eigenvalue weighted by atomic mass is 10.0. The fourth-order valence-electron chi connectivity index (χ4n) is 3.15. The van der Waals surface area contributed by atoms with Crippen LogP contribution in [-0.4, -0.2) is 29.1 Å². The van der Waals surface area contributed by atoms with E-state index in [0.29, 0.717) is 12.2 Å². The zero-order chi connectivity index (χ0) is 15.3. The molecular formula is C16H16N4O2. The summed E-state index contributed by atoms with van der Waals surface area (Å²) in [6.07, 6.45) is 5.67. The normalized spacial score (nSPS) is 19.3. The summed E-state index contributed by atoms with van der Waals surface area (Å²) in [4.78, 5) is 16.3. The predicted molar refractivity (Wildman–Crippen MR) is 81.6 cm³/mol. The van der Waals surface area contributed by atoms with Gasteiger partial charge in [-0.2, -0.15) is 0 Å². The maximum Gasteiger partial charge on any atom is 0.267 e. The lowest BCUT2D eigenvalue weighted by Crippen LogP contribution is -2.34. The molecule has 1 aliphatic heterocycles. The SMILES string of the molecule is COc1ccnc2c1C(c1cc3n(c1)CCNC3=O)=C[C@@H]2N. The number of fused-ring (bicyclic) bond motifs is 2. The highest BCUT2D eigenvalue weighted by atomic mass is 16.5. The molecular weight excluding hydrogens is 280 g/mol. The number of amides is 1. The van der Waals surface area contributed by atoms with Crippen molar-refractivity contribution < 1.29 is 9.53 Å². The first-order valence-corrected chi connectivity index (χ1v) is 7.18. The third-order valence-corrected chi connectivity index (χ3v) is 4.17. The van der Waals surface area contributed by atoms with E-state index < -0.39 is 0 Å². The van der Waals surface area contributed by atoms with Crippen molar-refractivity contribution in [1.82, 2.24) is 14.9 Å². The maximum atomic E-state index is 11.9. The molecule has 6 heteroatoms. The summed E-state index contributed by atoms with van der Waals surface area (Å²) in [6.45, 7) is 1.43. The highest BCUT2D eigenvalue weighted by molar-refractivity contribution is 5.96. The topological polar surface area (TPSA) is 82.2 Å². The Hall–Kier alpha value is -2.60. The van der Waals surface area contributed by atoms with Crippen LogP contribution < -0.4 is 15.8 Å². The van der Waals surface area contributed by atoms with E-state index in [0.717, 1.165) is 34.7 Å². The Bertz CT molecular complexity index is 806. The van der Waals surface area contributed by atoms with Crippen molar-refractivity contribution in [3.8, 4) is 5.75 Å². The van der Waals surface area contributed by atoms with Crippen LogP contribution in [0.2, 0.25) is 0 Å². The molecule has 1 amide bonds. The summed E-state index contributed by atoms with van der Waals surface area (Å²) in [5.74, 6) is 0.705. The zero-order valence-electron chi connectivity index (χ0n) is 12.2. The Balaban J connectivity index is 1.86. The van der Waals surface area contributed by atoms with E-state index in [-0.39, 0.29) is 11.9 Å². The number of carbonyl (C=O) groups excluding carboxylic acids is 1. The standard InChI is InChI=1S/C16H16N4O2/c1-22-13-2-3-18-15-11(17)7-10(14(13)15)9-6-12-16(21)19-4-5-20(12)8-9/h2-3,6-8,11H,4-5,17H2,1H3,(H,19,21)/t11-/m0/s1. The van der Waals surface area contributed by atoms with E-state index >= 15 is 0 Å². The third kappa shape index (κ3) is 1.77. The zero-order valence-corrected chi connectivity index (χ0v) is 12.2. The summed E-state index contributed by atoms with van der Waals surface area (Å²) in [7, 11) is 1.63. The Morgan fingerprint density at radius 3 is 3.14 bits per heavy atom. The quantitative estimate of drug-likeness (QED) is 0.869. The van der Waals surface area contributed by atoms with Gasteiger partial charge in [0.25, 0.3) is 5.91 Å². The highest BCUT2D eigenvalue weighted by Crippen LogP contribution is 2.41. The molecule has 1 aliphatic carbocycles. The second-order valence-electron chi connectivity index (χ2n) is 5.44. The molecule has 3 N–H and O–H groups in total. The van der Waals surface area contributed by atoms with Gasteiger partial charge in [0.15, 0.2) is 0 Å².